The fraction of sp³-hybridized carbons (Fsp3) is 0.125. The van der Waals surface area contributed by atoms with Crippen LogP contribution >= 0.6 is 43.2 Å². The molecule has 1 heterocycles. The molecule has 1 atom stereocenters. The van der Waals surface area contributed by atoms with Crippen molar-refractivity contribution in [1.29, 1.82) is 0 Å². The molecule has 0 bridgehead atoms. The highest BCUT2D eigenvalue weighted by Crippen LogP contribution is 2.39. The summed E-state index contributed by atoms with van der Waals surface area (Å²) < 4.78 is 1.19. The largest absolute Gasteiger partial charge is 0.133 e. The molecule has 96 valence electrons. The molecule has 1 unspecified atom stereocenters. The quantitative estimate of drug-likeness (QED) is 0.437. The Kier molecular flexibility index (Phi) is 3.79. The van der Waals surface area contributed by atoms with Crippen LogP contribution in [0.2, 0.25) is 0 Å². The van der Waals surface area contributed by atoms with Gasteiger partial charge in [0, 0.05) is 4.88 Å². The molecule has 2 aromatic carbocycles. The first-order valence-electron chi connectivity index (χ1n) is 6.04. The highest BCUT2D eigenvalue weighted by atomic mass is 79.9. The third-order valence-corrected chi connectivity index (χ3v) is 5.86. The van der Waals surface area contributed by atoms with Crippen LogP contribution in [0, 0.1) is 6.92 Å². The summed E-state index contributed by atoms with van der Waals surface area (Å²) in [6.07, 6.45) is 0. The van der Waals surface area contributed by atoms with Crippen molar-refractivity contribution in [2.45, 2.75) is 11.8 Å². The van der Waals surface area contributed by atoms with Crippen LogP contribution in [0.15, 0.2) is 52.3 Å². The summed E-state index contributed by atoms with van der Waals surface area (Å²) in [5.41, 5.74) is 2.64. The van der Waals surface area contributed by atoms with Gasteiger partial charge < -0.3 is 0 Å². The second-order valence-corrected chi connectivity index (χ2v) is 8.08. The summed E-state index contributed by atoms with van der Waals surface area (Å²) in [6, 6.07) is 17.3. The minimum absolute atomic E-state index is 0.250. The lowest BCUT2D eigenvalue weighted by Gasteiger charge is -2.11. The van der Waals surface area contributed by atoms with Gasteiger partial charge in [-0.3, -0.25) is 0 Å². The molecule has 0 amide bonds. The Morgan fingerprint density at radius 3 is 2.42 bits per heavy atom. The molecule has 0 N–H and O–H groups in total. The number of benzene rings is 2. The lowest BCUT2D eigenvalue weighted by Crippen LogP contribution is -1.92. The topological polar surface area (TPSA) is 0 Å². The first kappa shape index (κ1) is 13.3. The number of rotatable bonds is 2. The number of hydrogen-bond donors (Lipinski definition) is 0. The minimum Gasteiger partial charge on any atom is -0.133 e. The molecule has 0 fully saturated rings. The van der Waals surface area contributed by atoms with E-state index < -0.39 is 0 Å². The van der Waals surface area contributed by atoms with Gasteiger partial charge in [0.25, 0.3) is 0 Å². The predicted octanol–water partition coefficient (Wildman–Crippen LogP) is 6.46. The van der Waals surface area contributed by atoms with E-state index in [9.17, 15) is 0 Å². The van der Waals surface area contributed by atoms with Gasteiger partial charge in [-0.2, -0.15) is 0 Å². The van der Waals surface area contributed by atoms with Gasteiger partial charge in [0.05, 0.1) is 8.61 Å². The molecule has 0 aliphatic rings. The third-order valence-electron chi connectivity index (χ3n) is 3.27. The predicted molar refractivity (Wildman–Crippen MR) is 91.5 cm³/mol. The molecule has 0 saturated carbocycles. The molecule has 0 aliphatic carbocycles. The molecular formula is C16H12Br2S. The molecule has 3 rings (SSSR count). The van der Waals surface area contributed by atoms with Crippen LogP contribution in [0.5, 0.6) is 0 Å². The van der Waals surface area contributed by atoms with Gasteiger partial charge in [-0.15, -0.1) is 11.3 Å². The van der Waals surface area contributed by atoms with Gasteiger partial charge in [-0.25, -0.2) is 0 Å². The van der Waals surface area contributed by atoms with Crippen LogP contribution in [0.1, 0.15) is 20.8 Å². The highest BCUT2D eigenvalue weighted by Gasteiger charge is 2.15. The monoisotopic (exact) mass is 394 g/mol. The van der Waals surface area contributed by atoms with Crippen molar-refractivity contribution in [3.63, 3.8) is 0 Å². The SMILES string of the molecule is Cc1sc(Br)cc1C(Br)c1ccc2ccccc2c1. The molecule has 3 aromatic rings. The number of aryl methyl sites for hydroxylation is 1. The van der Waals surface area contributed by atoms with Crippen LogP contribution < -0.4 is 0 Å². The average Bonchev–Trinajstić information content (AvgIpc) is 2.76. The number of fused-ring (bicyclic) bond motifs is 1. The maximum absolute atomic E-state index is 3.83. The average molecular weight is 396 g/mol. The number of halogens is 2. The van der Waals surface area contributed by atoms with E-state index in [0.29, 0.717) is 0 Å². The maximum atomic E-state index is 3.83. The molecule has 0 aliphatic heterocycles. The Morgan fingerprint density at radius 1 is 1.00 bits per heavy atom. The molecule has 0 nitrogen and oxygen atoms in total. The van der Waals surface area contributed by atoms with Gasteiger partial charge in [0.2, 0.25) is 0 Å². The number of alkyl halides is 1. The maximum Gasteiger partial charge on any atom is 0.0704 e. The van der Waals surface area contributed by atoms with Crippen molar-refractivity contribution in [1.82, 2.24) is 0 Å². The normalized spacial score (nSPS) is 12.8. The van der Waals surface area contributed by atoms with E-state index >= 15 is 0 Å². The fourth-order valence-electron chi connectivity index (χ4n) is 2.26. The molecule has 0 radical (unpaired) electrons. The van der Waals surface area contributed by atoms with Crippen LogP contribution in [0.3, 0.4) is 0 Å². The summed E-state index contributed by atoms with van der Waals surface area (Å²) in [5.74, 6) is 0. The zero-order valence-corrected chi connectivity index (χ0v) is 14.3. The van der Waals surface area contributed by atoms with E-state index in [1.54, 1.807) is 11.3 Å². The Bertz CT molecular complexity index is 730. The van der Waals surface area contributed by atoms with Crippen molar-refractivity contribution in [3.8, 4) is 0 Å². The number of hydrogen-bond acceptors (Lipinski definition) is 1. The Hall–Kier alpha value is -0.640. The first-order valence-corrected chi connectivity index (χ1v) is 8.56. The van der Waals surface area contributed by atoms with E-state index in [2.05, 4.69) is 87.3 Å². The number of thiophene rings is 1. The molecule has 3 heteroatoms. The zero-order valence-electron chi connectivity index (χ0n) is 10.4. The Labute approximate surface area is 133 Å². The van der Waals surface area contributed by atoms with Crippen molar-refractivity contribution in [2.24, 2.45) is 0 Å². The fourth-order valence-corrected chi connectivity index (χ4v) is 4.92. The van der Waals surface area contributed by atoms with E-state index in [0.717, 1.165) is 0 Å². The lowest BCUT2D eigenvalue weighted by atomic mass is 10.0. The third kappa shape index (κ3) is 2.64. The van der Waals surface area contributed by atoms with Crippen LogP contribution in [0.4, 0.5) is 0 Å². The smallest absolute Gasteiger partial charge is 0.0704 e. The molecule has 0 saturated heterocycles. The van der Waals surface area contributed by atoms with Gasteiger partial charge in [0.15, 0.2) is 0 Å². The Balaban J connectivity index is 2.06. The summed E-state index contributed by atoms with van der Waals surface area (Å²) in [5, 5.41) is 2.57. The second kappa shape index (κ2) is 5.39. The molecule has 1 aromatic heterocycles. The molecule has 0 spiro atoms. The van der Waals surface area contributed by atoms with E-state index in [1.165, 1.54) is 30.6 Å². The van der Waals surface area contributed by atoms with Gasteiger partial charge in [0.1, 0.15) is 0 Å². The van der Waals surface area contributed by atoms with Crippen molar-refractivity contribution < 1.29 is 0 Å². The highest BCUT2D eigenvalue weighted by molar-refractivity contribution is 9.11. The van der Waals surface area contributed by atoms with Crippen LogP contribution in [0.25, 0.3) is 10.8 Å². The molecular weight excluding hydrogens is 384 g/mol. The van der Waals surface area contributed by atoms with Crippen molar-refractivity contribution >= 4 is 54.0 Å². The van der Waals surface area contributed by atoms with Crippen molar-refractivity contribution in [3.05, 3.63) is 68.3 Å². The van der Waals surface area contributed by atoms with E-state index in [-0.39, 0.29) is 4.83 Å². The first-order chi connectivity index (χ1) is 9.15. The van der Waals surface area contributed by atoms with Gasteiger partial charge in [-0.1, -0.05) is 52.3 Å². The summed E-state index contributed by atoms with van der Waals surface area (Å²) in [4.78, 5) is 1.60. The standard InChI is InChI=1S/C16H12Br2S/c1-10-14(9-15(17)19-10)16(18)13-7-6-11-4-2-3-5-12(11)8-13/h2-9,16H,1H3. The second-order valence-electron chi connectivity index (χ2n) is 4.53. The van der Waals surface area contributed by atoms with Gasteiger partial charge in [-0.05, 0) is 56.9 Å². The van der Waals surface area contributed by atoms with Gasteiger partial charge >= 0.3 is 0 Å². The minimum atomic E-state index is 0.250. The van der Waals surface area contributed by atoms with E-state index in [4.69, 9.17) is 0 Å². The van der Waals surface area contributed by atoms with Crippen molar-refractivity contribution in [2.75, 3.05) is 0 Å². The van der Waals surface area contributed by atoms with Crippen LogP contribution in [-0.2, 0) is 0 Å². The lowest BCUT2D eigenvalue weighted by molar-refractivity contribution is 1.18. The van der Waals surface area contributed by atoms with E-state index in [1.807, 2.05) is 0 Å². The zero-order chi connectivity index (χ0) is 13.4. The summed E-state index contributed by atoms with van der Waals surface area (Å²) >= 11 is 9.17. The summed E-state index contributed by atoms with van der Waals surface area (Å²) in [7, 11) is 0. The van der Waals surface area contributed by atoms with Crippen LogP contribution in [-0.4, -0.2) is 0 Å². The Morgan fingerprint density at radius 2 is 1.74 bits per heavy atom. The summed E-state index contributed by atoms with van der Waals surface area (Å²) in [6.45, 7) is 2.17. The molecule has 19 heavy (non-hydrogen) atoms.